The van der Waals surface area contributed by atoms with Crippen LogP contribution in [0.2, 0.25) is 0 Å². The van der Waals surface area contributed by atoms with E-state index in [0.29, 0.717) is 18.9 Å². The lowest BCUT2D eigenvalue weighted by atomic mass is 10.1. The summed E-state index contributed by atoms with van der Waals surface area (Å²) in [7, 11) is 0. The second kappa shape index (κ2) is 5.95. The van der Waals surface area contributed by atoms with Gasteiger partial charge in [-0.2, -0.15) is 13.2 Å². The summed E-state index contributed by atoms with van der Waals surface area (Å²) in [5, 5.41) is 8.73. The van der Waals surface area contributed by atoms with Crippen molar-refractivity contribution in [2.45, 2.75) is 39.0 Å². The highest BCUT2D eigenvalue weighted by Gasteiger charge is 2.35. The lowest BCUT2D eigenvalue weighted by Crippen LogP contribution is -2.17. The molecule has 0 aliphatic carbocycles. The molecule has 0 amide bonds. The molecule has 0 saturated carbocycles. The Morgan fingerprint density at radius 2 is 1.89 bits per heavy atom. The Kier molecular flexibility index (Phi) is 4.80. The molecule has 106 valence electrons. The molecule has 0 saturated heterocycles. The summed E-state index contributed by atoms with van der Waals surface area (Å²) < 4.78 is 43.9. The van der Waals surface area contributed by atoms with Gasteiger partial charge in [0.05, 0.1) is 17.2 Å². The van der Waals surface area contributed by atoms with Crippen molar-refractivity contribution in [1.29, 1.82) is 0 Å². The zero-order chi connectivity index (χ0) is 14.6. The van der Waals surface area contributed by atoms with E-state index < -0.39 is 23.3 Å². The third kappa shape index (κ3) is 3.87. The molecule has 0 aromatic heterocycles. The summed E-state index contributed by atoms with van der Waals surface area (Å²) in [5.74, 6) is -1.73. The van der Waals surface area contributed by atoms with Crippen LogP contribution in [0.4, 0.5) is 13.2 Å². The monoisotopic (exact) mass is 276 g/mol. The van der Waals surface area contributed by atoms with E-state index in [4.69, 9.17) is 9.84 Å². The predicted octanol–water partition coefficient (Wildman–Crippen LogP) is 3.97. The fraction of sp³-hybridized carbons (Fsp3) is 0.462. The van der Waals surface area contributed by atoms with Gasteiger partial charge in [0, 0.05) is 0 Å². The zero-order valence-electron chi connectivity index (χ0n) is 10.6. The van der Waals surface area contributed by atoms with E-state index in [0.717, 1.165) is 12.1 Å². The molecule has 0 spiro atoms. The molecule has 0 unspecified atom stereocenters. The van der Waals surface area contributed by atoms with Gasteiger partial charge in [-0.1, -0.05) is 13.8 Å². The first-order chi connectivity index (χ1) is 8.79. The predicted molar refractivity (Wildman–Crippen MR) is 63.4 cm³/mol. The number of ether oxygens (including phenoxy) is 1. The van der Waals surface area contributed by atoms with Crippen LogP contribution < -0.4 is 4.74 Å². The Labute approximate surface area is 109 Å². The largest absolute Gasteiger partial charge is 0.490 e. The normalized spacial score (nSPS) is 11.7. The number of halogens is 3. The van der Waals surface area contributed by atoms with Gasteiger partial charge >= 0.3 is 12.1 Å². The fourth-order valence-electron chi connectivity index (χ4n) is 1.62. The van der Waals surface area contributed by atoms with E-state index >= 15 is 0 Å². The highest BCUT2D eigenvalue weighted by molar-refractivity contribution is 5.88. The van der Waals surface area contributed by atoms with Gasteiger partial charge < -0.3 is 9.84 Å². The Morgan fingerprint density at radius 3 is 2.32 bits per heavy atom. The molecule has 0 atom stereocenters. The van der Waals surface area contributed by atoms with Crippen LogP contribution in [0, 0.1) is 0 Å². The zero-order valence-corrected chi connectivity index (χ0v) is 10.6. The maximum Gasteiger partial charge on any atom is 0.419 e. The molecule has 1 rings (SSSR count). The van der Waals surface area contributed by atoms with Gasteiger partial charge in [-0.05, 0) is 31.0 Å². The lowest BCUT2D eigenvalue weighted by Gasteiger charge is -2.19. The standard InChI is InChI=1S/C13H15F3O3/c1-3-9(4-2)19-11-6-5-8(12(17)18)7-10(11)13(14,15)16/h5-7,9H,3-4H2,1-2H3,(H,17,18). The summed E-state index contributed by atoms with van der Waals surface area (Å²) in [4.78, 5) is 10.7. The van der Waals surface area contributed by atoms with Gasteiger partial charge in [0.2, 0.25) is 0 Å². The minimum Gasteiger partial charge on any atom is -0.490 e. The maximum atomic E-state index is 12.9. The summed E-state index contributed by atoms with van der Waals surface area (Å²) in [5.41, 5.74) is -1.47. The Morgan fingerprint density at radius 1 is 1.32 bits per heavy atom. The smallest absolute Gasteiger partial charge is 0.419 e. The van der Waals surface area contributed by atoms with E-state index in [1.54, 1.807) is 0 Å². The Balaban J connectivity index is 3.20. The molecule has 0 bridgehead atoms. The third-order valence-corrected chi connectivity index (χ3v) is 2.74. The van der Waals surface area contributed by atoms with Crippen LogP contribution in [0.15, 0.2) is 18.2 Å². The topological polar surface area (TPSA) is 46.5 Å². The molecular weight excluding hydrogens is 261 g/mol. The first kappa shape index (κ1) is 15.3. The van der Waals surface area contributed by atoms with Crippen LogP contribution >= 0.6 is 0 Å². The molecule has 0 radical (unpaired) electrons. The Hall–Kier alpha value is -1.72. The van der Waals surface area contributed by atoms with E-state index in [1.165, 1.54) is 0 Å². The second-order valence-corrected chi connectivity index (χ2v) is 4.07. The van der Waals surface area contributed by atoms with Gasteiger partial charge in [-0.3, -0.25) is 0 Å². The van der Waals surface area contributed by atoms with E-state index in [2.05, 4.69) is 0 Å². The molecule has 3 nitrogen and oxygen atoms in total. The van der Waals surface area contributed by atoms with Gasteiger partial charge in [0.15, 0.2) is 0 Å². The van der Waals surface area contributed by atoms with Crippen molar-refractivity contribution in [2.75, 3.05) is 0 Å². The van der Waals surface area contributed by atoms with Crippen molar-refractivity contribution in [3.8, 4) is 5.75 Å². The van der Waals surface area contributed by atoms with Crippen molar-refractivity contribution in [3.05, 3.63) is 29.3 Å². The number of aromatic carboxylic acids is 1. The second-order valence-electron chi connectivity index (χ2n) is 4.07. The number of benzene rings is 1. The van der Waals surface area contributed by atoms with Crippen LogP contribution in [0.25, 0.3) is 0 Å². The molecule has 1 N–H and O–H groups in total. The van der Waals surface area contributed by atoms with Gasteiger partial charge in [-0.25, -0.2) is 4.79 Å². The molecule has 0 heterocycles. The minimum absolute atomic E-state index is 0.322. The van der Waals surface area contributed by atoms with Gasteiger partial charge in [-0.15, -0.1) is 0 Å². The van der Waals surface area contributed by atoms with Crippen molar-refractivity contribution >= 4 is 5.97 Å². The Bertz CT molecular complexity index is 451. The average molecular weight is 276 g/mol. The van der Waals surface area contributed by atoms with Crippen LogP contribution in [-0.4, -0.2) is 17.2 Å². The van der Waals surface area contributed by atoms with E-state index in [9.17, 15) is 18.0 Å². The summed E-state index contributed by atoms with van der Waals surface area (Å²) in [6.07, 6.45) is -3.81. The van der Waals surface area contributed by atoms with Crippen LogP contribution in [0.1, 0.15) is 42.6 Å². The maximum absolute atomic E-state index is 12.9. The van der Waals surface area contributed by atoms with Crippen molar-refractivity contribution < 1.29 is 27.8 Å². The third-order valence-electron chi connectivity index (χ3n) is 2.74. The van der Waals surface area contributed by atoms with Crippen LogP contribution in [0.5, 0.6) is 5.75 Å². The molecule has 6 heteroatoms. The number of hydrogen-bond acceptors (Lipinski definition) is 2. The summed E-state index contributed by atoms with van der Waals surface area (Å²) >= 11 is 0. The first-order valence-electron chi connectivity index (χ1n) is 5.90. The molecule has 0 aliphatic rings. The molecular formula is C13H15F3O3. The lowest BCUT2D eigenvalue weighted by molar-refractivity contribution is -0.139. The first-order valence-corrected chi connectivity index (χ1v) is 5.90. The molecule has 0 aliphatic heterocycles. The van der Waals surface area contributed by atoms with Crippen LogP contribution in [-0.2, 0) is 6.18 Å². The highest BCUT2D eigenvalue weighted by Crippen LogP contribution is 2.37. The molecule has 19 heavy (non-hydrogen) atoms. The van der Waals surface area contributed by atoms with Gasteiger partial charge in [0.25, 0.3) is 0 Å². The highest BCUT2D eigenvalue weighted by atomic mass is 19.4. The number of carbonyl (C=O) groups is 1. The summed E-state index contributed by atoms with van der Waals surface area (Å²) in [6, 6.07) is 2.76. The van der Waals surface area contributed by atoms with Crippen molar-refractivity contribution in [3.63, 3.8) is 0 Å². The number of rotatable bonds is 5. The van der Waals surface area contributed by atoms with E-state index in [-0.39, 0.29) is 11.9 Å². The molecule has 1 aromatic rings. The minimum atomic E-state index is -4.65. The molecule has 0 fully saturated rings. The van der Waals surface area contributed by atoms with Crippen molar-refractivity contribution in [2.24, 2.45) is 0 Å². The number of carboxylic acid groups (broad SMARTS) is 1. The summed E-state index contributed by atoms with van der Waals surface area (Å²) in [6.45, 7) is 3.63. The quantitative estimate of drug-likeness (QED) is 0.885. The van der Waals surface area contributed by atoms with Gasteiger partial charge in [0.1, 0.15) is 5.75 Å². The average Bonchev–Trinajstić information content (AvgIpc) is 2.34. The van der Waals surface area contributed by atoms with Crippen molar-refractivity contribution in [1.82, 2.24) is 0 Å². The fourth-order valence-corrected chi connectivity index (χ4v) is 1.62. The molecule has 1 aromatic carbocycles. The number of alkyl halides is 3. The van der Waals surface area contributed by atoms with E-state index in [1.807, 2.05) is 13.8 Å². The van der Waals surface area contributed by atoms with Crippen LogP contribution in [0.3, 0.4) is 0 Å². The number of carboxylic acids is 1. The SMILES string of the molecule is CCC(CC)Oc1ccc(C(=O)O)cc1C(F)(F)F. The number of hydrogen-bond donors (Lipinski definition) is 1.